The Morgan fingerprint density at radius 2 is 2.16 bits per heavy atom. The second-order valence-electron chi connectivity index (χ2n) is 4.56. The molecule has 1 atom stereocenters. The molecule has 1 unspecified atom stereocenters. The van der Waals surface area contributed by atoms with Gasteiger partial charge >= 0.3 is 0 Å². The van der Waals surface area contributed by atoms with Crippen molar-refractivity contribution in [2.75, 3.05) is 25.2 Å². The Kier molecular flexibility index (Phi) is 7.63. The molecule has 0 saturated heterocycles. The first-order chi connectivity index (χ1) is 9.23. The first-order valence-corrected chi connectivity index (χ1v) is 8.19. The zero-order valence-electron chi connectivity index (χ0n) is 12.4. The quantitative estimate of drug-likeness (QED) is 0.551. The van der Waals surface area contributed by atoms with E-state index in [-0.39, 0.29) is 0 Å². The molecule has 1 aromatic rings. The van der Waals surface area contributed by atoms with Crippen molar-refractivity contribution in [3.63, 3.8) is 0 Å². The lowest BCUT2D eigenvalue weighted by atomic mass is 10.0. The molecule has 0 fully saturated rings. The van der Waals surface area contributed by atoms with Gasteiger partial charge in [-0.05, 0) is 18.6 Å². The van der Waals surface area contributed by atoms with Gasteiger partial charge in [0.15, 0.2) is 5.16 Å². The SMILES string of the molecule is CCCCC(CC)COc1cc(NC)nc(SC)n1. The Balaban J connectivity index is 2.60. The Morgan fingerprint density at radius 1 is 1.37 bits per heavy atom. The van der Waals surface area contributed by atoms with Crippen LogP contribution in [0.3, 0.4) is 0 Å². The molecule has 19 heavy (non-hydrogen) atoms. The summed E-state index contributed by atoms with van der Waals surface area (Å²) in [6, 6.07) is 1.85. The molecule has 0 amide bonds. The van der Waals surface area contributed by atoms with Crippen LogP contribution < -0.4 is 10.1 Å². The van der Waals surface area contributed by atoms with Gasteiger partial charge in [-0.15, -0.1) is 0 Å². The summed E-state index contributed by atoms with van der Waals surface area (Å²) in [6.07, 6.45) is 6.86. The summed E-state index contributed by atoms with van der Waals surface area (Å²) in [5.74, 6) is 2.08. The molecule has 1 aromatic heterocycles. The Morgan fingerprint density at radius 3 is 2.74 bits per heavy atom. The molecule has 0 spiro atoms. The van der Waals surface area contributed by atoms with Gasteiger partial charge in [-0.25, -0.2) is 4.98 Å². The van der Waals surface area contributed by atoms with Crippen molar-refractivity contribution in [3.8, 4) is 5.88 Å². The number of ether oxygens (including phenoxy) is 1. The van der Waals surface area contributed by atoms with Crippen LogP contribution in [-0.4, -0.2) is 29.9 Å². The predicted octanol–water partition coefficient (Wildman–Crippen LogP) is 3.84. The van der Waals surface area contributed by atoms with Gasteiger partial charge in [0.2, 0.25) is 5.88 Å². The number of thioether (sulfide) groups is 1. The van der Waals surface area contributed by atoms with Crippen LogP contribution in [0.25, 0.3) is 0 Å². The van der Waals surface area contributed by atoms with E-state index in [0.29, 0.717) is 11.8 Å². The Labute approximate surface area is 120 Å². The molecule has 5 heteroatoms. The molecule has 0 aliphatic carbocycles. The number of unbranched alkanes of at least 4 members (excludes halogenated alkanes) is 1. The van der Waals surface area contributed by atoms with Gasteiger partial charge in [0.1, 0.15) is 5.82 Å². The number of nitrogens with zero attached hydrogens (tertiary/aromatic N) is 2. The molecular weight excluding hydrogens is 258 g/mol. The average molecular weight is 283 g/mol. The summed E-state index contributed by atoms with van der Waals surface area (Å²) in [5, 5.41) is 3.77. The third-order valence-corrected chi connectivity index (χ3v) is 3.68. The van der Waals surface area contributed by atoms with Gasteiger partial charge < -0.3 is 10.1 Å². The first kappa shape index (κ1) is 16.1. The van der Waals surface area contributed by atoms with E-state index in [1.165, 1.54) is 31.0 Å². The summed E-state index contributed by atoms with van der Waals surface area (Å²) < 4.78 is 5.84. The van der Waals surface area contributed by atoms with E-state index in [0.717, 1.165) is 24.0 Å². The van der Waals surface area contributed by atoms with E-state index >= 15 is 0 Å². The highest BCUT2D eigenvalue weighted by Crippen LogP contribution is 2.20. The van der Waals surface area contributed by atoms with Crippen LogP contribution in [0.2, 0.25) is 0 Å². The van der Waals surface area contributed by atoms with Gasteiger partial charge in [0.05, 0.1) is 6.61 Å². The highest BCUT2D eigenvalue weighted by atomic mass is 32.2. The third-order valence-electron chi connectivity index (χ3n) is 3.13. The number of hydrogen-bond donors (Lipinski definition) is 1. The lowest BCUT2D eigenvalue weighted by Gasteiger charge is -2.15. The summed E-state index contributed by atoms with van der Waals surface area (Å²) in [7, 11) is 1.85. The van der Waals surface area contributed by atoms with Crippen LogP contribution in [0.4, 0.5) is 5.82 Å². The molecule has 0 aliphatic rings. The first-order valence-electron chi connectivity index (χ1n) is 6.97. The van der Waals surface area contributed by atoms with Gasteiger partial charge in [-0.1, -0.05) is 44.9 Å². The molecule has 4 nitrogen and oxygen atoms in total. The molecule has 108 valence electrons. The van der Waals surface area contributed by atoms with Crippen molar-refractivity contribution in [3.05, 3.63) is 6.07 Å². The minimum atomic E-state index is 0.616. The maximum Gasteiger partial charge on any atom is 0.219 e. The van der Waals surface area contributed by atoms with E-state index in [2.05, 4.69) is 29.1 Å². The molecule has 0 radical (unpaired) electrons. The van der Waals surface area contributed by atoms with Crippen LogP contribution in [0, 0.1) is 5.92 Å². The van der Waals surface area contributed by atoms with Crippen LogP contribution in [0.1, 0.15) is 39.5 Å². The highest BCUT2D eigenvalue weighted by molar-refractivity contribution is 7.98. The second kappa shape index (κ2) is 9.02. The summed E-state index contributed by atoms with van der Waals surface area (Å²) in [4.78, 5) is 8.70. The summed E-state index contributed by atoms with van der Waals surface area (Å²) in [6.45, 7) is 5.18. The van der Waals surface area contributed by atoms with Crippen molar-refractivity contribution in [1.29, 1.82) is 0 Å². The zero-order chi connectivity index (χ0) is 14.1. The fourth-order valence-corrected chi connectivity index (χ4v) is 2.17. The van der Waals surface area contributed by atoms with Crippen molar-refractivity contribution < 1.29 is 4.74 Å². The molecule has 1 heterocycles. The van der Waals surface area contributed by atoms with E-state index in [1.807, 2.05) is 19.4 Å². The van der Waals surface area contributed by atoms with Gasteiger partial charge in [0.25, 0.3) is 0 Å². The van der Waals surface area contributed by atoms with E-state index < -0.39 is 0 Å². The molecule has 1 N–H and O–H groups in total. The minimum absolute atomic E-state index is 0.616. The molecule has 0 bridgehead atoms. The minimum Gasteiger partial charge on any atom is -0.477 e. The fourth-order valence-electron chi connectivity index (χ4n) is 1.80. The van der Waals surface area contributed by atoms with Crippen molar-refractivity contribution in [2.45, 2.75) is 44.7 Å². The summed E-state index contributed by atoms with van der Waals surface area (Å²) in [5.41, 5.74) is 0. The van der Waals surface area contributed by atoms with E-state index in [1.54, 1.807) is 0 Å². The largest absolute Gasteiger partial charge is 0.477 e. The fraction of sp³-hybridized carbons (Fsp3) is 0.714. The van der Waals surface area contributed by atoms with Crippen LogP contribution in [-0.2, 0) is 0 Å². The van der Waals surface area contributed by atoms with Gasteiger partial charge in [-0.2, -0.15) is 4.98 Å². The molecule has 0 saturated carbocycles. The number of aromatic nitrogens is 2. The number of anilines is 1. The second-order valence-corrected chi connectivity index (χ2v) is 5.33. The van der Waals surface area contributed by atoms with Gasteiger partial charge in [0, 0.05) is 13.1 Å². The highest BCUT2D eigenvalue weighted by Gasteiger charge is 2.09. The maximum absolute atomic E-state index is 5.84. The topological polar surface area (TPSA) is 47.0 Å². The smallest absolute Gasteiger partial charge is 0.219 e. The lowest BCUT2D eigenvalue weighted by molar-refractivity contribution is 0.224. The van der Waals surface area contributed by atoms with Crippen LogP contribution >= 0.6 is 11.8 Å². The maximum atomic E-state index is 5.84. The predicted molar refractivity (Wildman–Crippen MR) is 82.2 cm³/mol. The number of rotatable bonds is 9. The zero-order valence-corrected chi connectivity index (χ0v) is 13.2. The number of hydrogen-bond acceptors (Lipinski definition) is 5. The number of nitrogens with one attached hydrogen (secondary N) is 1. The standard InChI is InChI=1S/C14H25N3OS/c1-5-7-8-11(6-2)10-18-13-9-12(15-3)16-14(17-13)19-4/h9,11H,5-8,10H2,1-4H3,(H,15,16,17). The lowest BCUT2D eigenvalue weighted by Crippen LogP contribution is -2.12. The van der Waals surface area contributed by atoms with Crippen LogP contribution in [0.15, 0.2) is 11.2 Å². The van der Waals surface area contributed by atoms with Crippen molar-refractivity contribution in [2.24, 2.45) is 5.92 Å². The van der Waals surface area contributed by atoms with Crippen LogP contribution in [0.5, 0.6) is 5.88 Å². The van der Waals surface area contributed by atoms with Gasteiger partial charge in [-0.3, -0.25) is 0 Å². The Bertz CT molecular complexity index is 351. The molecule has 0 aromatic carbocycles. The molecule has 0 aliphatic heterocycles. The average Bonchev–Trinajstić information content (AvgIpc) is 2.47. The van der Waals surface area contributed by atoms with Crippen molar-refractivity contribution >= 4 is 17.6 Å². The van der Waals surface area contributed by atoms with E-state index in [9.17, 15) is 0 Å². The molecular formula is C14H25N3OS. The monoisotopic (exact) mass is 283 g/mol. The molecule has 1 rings (SSSR count). The summed E-state index contributed by atoms with van der Waals surface area (Å²) >= 11 is 1.52. The normalized spacial score (nSPS) is 12.2. The van der Waals surface area contributed by atoms with E-state index in [4.69, 9.17) is 4.74 Å². The third kappa shape index (κ3) is 5.68. The van der Waals surface area contributed by atoms with Crippen molar-refractivity contribution in [1.82, 2.24) is 9.97 Å². The Hall–Kier alpha value is -0.970.